The lowest BCUT2D eigenvalue weighted by Gasteiger charge is -2.25. The van der Waals surface area contributed by atoms with E-state index in [-0.39, 0.29) is 41.6 Å². The Labute approximate surface area is 192 Å². The minimum absolute atomic E-state index is 0.0150. The van der Waals surface area contributed by atoms with Gasteiger partial charge in [0.2, 0.25) is 5.91 Å². The normalized spacial score (nSPS) is 12.8. The third kappa shape index (κ3) is 8.70. The number of amides is 3. The second-order valence-corrected chi connectivity index (χ2v) is 8.46. The van der Waals surface area contributed by atoms with Crippen molar-refractivity contribution in [2.24, 2.45) is 11.8 Å². The zero-order valence-corrected chi connectivity index (χ0v) is 19.7. The Hall–Kier alpha value is -2.88. The Balaban J connectivity index is 2.86. The maximum absolute atomic E-state index is 12.8. The first-order chi connectivity index (χ1) is 15.0. The van der Waals surface area contributed by atoms with E-state index in [4.69, 9.17) is 16.3 Å². The summed E-state index contributed by atoms with van der Waals surface area (Å²) >= 11 is 5.79. The number of alkyl carbamates (subject to hydrolysis) is 1. The van der Waals surface area contributed by atoms with Gasteiger partial charge in [-0.2, -0.15) is 0 Å². The fourth-order valence-corrected chi connectivity index (χ4v) is 3.18. The maximum Gasteiger partial charge on any atom is 0.407 e. The molecule has 0 aliphatic carbocycles. The van der Waals surface area contributed by atoms with Gasteiger partial charge in [0.15, 0.2) is 0 Å². The molecule has 178 valence electrons. The summed E-state index contributed by atoms with van der Waals surface area (Å²) in [5, 5.41) is 19.1. The van der Waals surface area contributed by atoms with E-state index in [2.05, 4.69) is 16.0 Å². The molecule has 0 saturated carbocycles. The summed E-state index contributed by atoms with van der Waals surface area (Å²) in [6.07, 6.45) is 0.0529. The van der Waals surface area contributed by atoms with Crippen LogP contribution in [-0.2, 0) is 9.53 Å². The molecular weight excluding hydrogens is 440 g/mol. The van der Waals surface area contributed by atoms with E-state index in [1.165, 1.54) is 12.1 Å². The first kappa shape index (κ1) is 27.2. The number of halogens is 1. The molecule has 0 aromatic heterocycles. The van der Waals surface area contributed by atoms with E-state index in [1.54, 1.807) is 20.8 Å². The second kappa shape index (κ2) is 12.8. The smallest absolute Gasteiger partial charge is 0.407 e. The van der Waals surface area contributed by atoms with Crippen molar-refractivity contribution in [1.29, 1.82) is 0 Å². The van der Waals surface area contributed by atoms with Crippen molar-refractivity contribution in [3.8, 4) is 0 Å². The quantitative estimate of drug-likeness (QED) is 0.335. The van der Waals surface area contributed by atoms with Crippen molar-refractivity contribution < 1.29 is 24.0 Å². The van der Waals surface area contributed by atoms with Crippen LogP contribution in [0, 0.1) is 22.0 Å². The topological polar surface area (TPSA) is 140 Å². The number of rotatable bonds is 11. The number of carbonyl (C=O) groups is 3. The van der Waals surface area contributed by atoms with Gasteiger partial charge in [-0.05, 0) is 37.3 Å². The van der Waals surface area contributed by atoms with Crippen LogP contribution in [0.2, 0.25) is 5.02 Å². The molecule has 3 N–H and O–H groups in total. The van der Waals surface area contributed by atoms with Crippen molar-refractivity contribution in [3.63, 3.8) is 0 Å². The fourth-order valence-electron chi connectivity index (χ4n) is 2.99. The van der Waals surface area contributed by atoms with Gasteiger partial charge in [0.25, 0.3) is 11.6 Å². The van der Waals surface area contributed by atoms with Crippen LogP contribution in [0.1, 0.15) is 51.4 Å². The minimum Gasteiger partial charge on any atom is -0.450 e. The number of benzene rings is 1. The average Bonchev–Trinajstić information content (AvgIpc) is 2.69. The summed E-state index contributed by atoms with van der Waals surface area (Å²) in [5.41, 5.74) is -0.382. The van der Waals surface area contributed by atoms with Gasteiger partial charge in [0.05, 0.1) is 11.5 Å². The molecule has 11 heteroatoms. The molecule has 0 radical (unpaired) electrons. The van der Waals surface area contributed by atoms with Gasteiger partial charge in [0, 0.05) is 24.2 Å². The molecule has 1 rings (SSSR count). The third-order valence-corrected chi connectivity index (χ3v) is 4.84. The third-order valence-electron chi connectivity index (χ3n) is 4.52. The molecule has 32 heavy (non-hydrogen) atoms. The lowest BCUT2D eigenvalue weighted by Crippen LogP contribution is -2.53. The molecule has 1 aromatic rings. The molecule has 0 spiro atoms. The van der Waals surface area contributed by atoms with Crippen LogP contribution in [0.3, 0.4) is 0 Å². The summed E-state index contributed by atoms with van der Waals surface area (Å²) in [5.74, 6) is -1.07. The van der Waals surface area contributed by atoms with Crippen molar-refractivity contribution in [2.75, 3.05) is 13.2 Å². The van der Waals surface area contributed by atoms with E-state index in [0.717, 1.165) is 6.07 Å². The van der Waals surface area contributed by atoms with Crippen LogP contribution in [0.4, 0.5) is 10.5 Å². The maximum atomic E-state index is 12.8. The van der Waals surface area contributed by atoms with Crippen LogP contribution in [0.15, 0.2) is 18.2 Å². The summed E-state index contributed by atoms with van der Waals surface area (Å²) in [7, 11) is 0. The number of carbonyl (C=O) groups excluding carboxylic acids is 3. The van der Waals surface area contributed by atoms with E-state index in [0.29, 0.717) is 6.42 Å². The highest BCUT2D eigenvalue weighted by Crippen LogP contribution is 2.25. The predicted molar refractivity (Wildman–Crippen MR) is 121 cm³/mol. The standard InChI is InChI=1S/C21H31ClN4O6/c1-6-32-21(29)24-15(9-12(2)3)11-23-20(28)18(13(4)5)25-19(27)14-7-8-16(22)17(10-14)26(30)31/h7-8,10,12-13,15,18H,6,9,11H2,1-5H3,(H,23,28)(H,24,29)(H,25,27). The van der Waals surface area contributed by atoms with Crippen molar-refractivity contribution in [2.45, 2.75) is 53.1 Å². The highest BCUT2D eigenvalue weighted by molar-refractivity contribution is 6.32. The largest absolute Gasteiger partial charge is 0.450 e. The van der Waals surface area contributed by atoms with Crippen molar-refractivity contribution >= 4 is 35.2 Å². The van der Waals surface area contributed by atoms with Crippen LogP contribution >= 0.6 is 11.6 Å². The zero-order chi connectivity index (χ0) is 24.4. The molecule has 0 heterocycles. The second-order valence-electron chi connectivity index (χ2n) is 8.05. The summed E-state index contributed by atoms with van der Waals surface area (Å²) in [6, 6.07) is 2.44. The SMILES string of the molecule is CCOC(=O)NC(CNC(=O)C(NC(=O)c1ccc(Cl)c([N+](=O)[O-])c1)C(C)C)CC(C)C. The van der Waals surface area contributed by atoms with Gasteiger partial charge in [0.1, 0.15) is 11.1 Å². The zero-order valence-electron chi connectivity index (χ0n) is 18.9. The molecule has 10 nitrogen and oxygen atoms in total. The van der Waals surface area contributed by atoms with E-state index in [1.807, 2.05) is 13.8 Å². The molecule has 0 bridgehead atoms. The molecule has 3 amide bonds. The first-order valence-electron chi connectivity index (χ1n) is 10.4. The molecular formula is C21H31ClN4O6. The number of hydrogen-bond donors (Lipinski definition) is 3. The fraction of sp³-hybridized carbons (Fsp3) is 0.571. The predicted octanol–water partition coefficient (Wildman–Crippen LogP) is 3.28. The molecule has 1 aromatic carbocycles. The number of nitro benzene ring substituents is 1. The lowest BCUT2D eigenvalue weighted by atomic mass is 10.0. The van der Waals surface area contributed by atoms with Gasteiger partial charge < -0.3 is 20.7 Å². The van der Waals surface area contributed by atoms with Crippen LogP contribution in [0.25, 0.3) is 0 Å². The highest BCUT2D eigenvalue weighted by atomic mass is 35.5. The van der Waals surface area contributed by atoms with Gasteiger partial charge in [-0.25, -0.2) is 4.79 Å². The summed E-state index contributed by atoms with van der Waals surface area (Å²) in [4.78, 5) is 47.5. The van der Waals surface area contributed by atoms with Gasteiger partial charge >= 0.3 is 6.09 Å². The van der Waals surface area contributed by atoms with Crippen molar-refractivity contribution in [3.05, 3.63) is 38.9 Å². The monoisotopic (exact) mass is 470 g/mol. The Kier molecular flexibility index (Phi) is 10.9. The highest BCUT2D eigenvalue weighted by Gasteiger charge is 2.27. The molecule has 0 saturated heterocycles. The number of hydrogen-bond acceptors (Lipinski definition) is 6. The number of nitrogens with zero attached hydrogens (tertiary/aromatic N) is 1. The number of nitrogens with one attached hydrogen (secondary N) is 3. The number of ether oxygens (including phenoxy) is 1. The molecule has 0 aliphatic heterocycles. The average molecular weight is 471 g/mol. The number of nitro groups is 1. The Morgan fingerprint density at radius 3 is 2.34 bits per heavy atom. The minimum atomic E-state index is -0.889. The van der Waals surface area contributed by atoms with Crippen LogP contribution in [0.5, 0.6) is 0 Å². The Morgan fingerprint density at radius 1 is 1.16 bits per heavy atom. The van der Waals surface area contributed by atoms with Crippen molar-refractivity contribution in [1.82, 2.24) is 16.0 Å². The van der Waals surface area contributed by atoms with Crippen LogP contribution < -0.4 is 16.0 Å². The van der Waals surface area contributed by atoms with E-state index >= 15 is 0 Å². The van der Waals surface area contributed by atoms with E-state index in [9.17, 15) is 24.5 Å². The van der Waals surface area contributed by atoms with Gasteiger partial charge in [-0.3, -0.25) is 19.7 Å². The first-order valence-corrected chi connectivity index (χ1v) is 10.8. The Bertz CT molecular complexity index is 831. The summed E-state index contributed by atoms with van der Waals surface area (Å²) in [6.45, 7) is 9.59. The summed E-state index contributed by atoms with van der Waals surface area (Å²) < 4.78 is 4.91. The molecule has 2 atom stereocenters. The van der Waals surface area contributed by atoms with E-state index < -0.39 is 34.6 Å². The molecule has 0 aliphatic rings. The van der Waals surface area contributed by atoms with Gasteiger partial charge in [-0.15, -0.1) is 0 Å². The Morgan fingerprint density at radius 2 is 1.81 bits per heavy atom. The van der Waals surface area contributed by atoms with Crippen LogP contribution in [-0.4, -0.2) is 48.1 Å². The lowest BCUT2D eigenvalue weighted by molar-refractivity contribution is -0.384. The molecule has 2 unspecified atom stereocenters. The molecule has 0 fully saturated rings. The van der Waals surface area contributed by atoms with Gasteiger partial charge in [-0.1, -0.05) is 39.3 Å².